The van der Waals surface area contributed by atoms with Crippen molar-refractivity contribution in [2.75, 3.05) is 0 Å². The topological polar surface area (TPSA) is 35.5 Å². The van der Waals surface area contributed by atoms with Gasteiger partial charge in [-0.3, -0.25) is 4.79 Å². The molecule has 0 aromatic heterocycles. The van der Waals surface area contributed by atoms with Crippen LogP contribution in [0.25, 0.3) is 0 Å². The van der Waals surface area contributed by atoms with Gasteiger partial charge in [-0.15, -0.1) is 0 Å². The number of carbonyl (C=O) groups excluding carboxylic acids is 1. The normalized spacial score (nSPS) is 24.4. The van der Waals surface area contributed by atoms with Gasteiger partial charge < -0.3 is 9.47 Å². The number of ether oxygens (including phenoxy) is 2. The van der Waals surface area contributed by atoms with Gasteiger partial charge in [-0.2, -0.15) is 0 Å². The number of fused-ring (bicyclic) bond motifs is 1. The first-order valence-electron chi connectivity index (χ1n) is 4.30. The number of carbonyl (C=O) groups is 1. The molecular formula is C10H9ClO3. The van der Waals surface area contributed by atoms with Crippen LogP contribution in [0.3, 0.4) is 0 Å². The van der Waals surface area contributed by atoms with Crippen molar-refractivity contribution < 1.29 is 14.3 Å². The van der Waals surface area contributed by atoms with E-state index in [0.717, 1.165) is 0 Å². The third-order valence-electron chi connectivity index (χ3n) is 2.07. The molecule has 74 valence electrons. The molecule has 2 atom stereocenters. The Hall–Kier alpha value is -1.22. The highest BCUT2D eigenvalue weighted by Crippen LogP contribution is 2.33. The highest BCUT2D eigenvalue weighted by atomic mass is 35.5. The van der Waals surface area contributed by atoms with Crippen molar-refractivity contribution in [3.8, 4) is 11.5 Å². The molecule has 1 aliphatic rings. The molecule has 2 rings (SSSR count). The summed E-state index contributed by atoms with van der Waals surface area (Å²) in [7, 11) is 0. The van der Waals surface area contributed by atoms with Crippen LogP contribution in [-0.2, 0) is 4.79 Å². The summed E-state index contributed by atoms with van der Waals surface area (Å²) in [4.78, 5) is 11.0. The van der Waals surface area contributed by atoms with Gasteiger partial charge in [0.05, 0.1) is 0 Å². The van der Waals surface area contributed by atoms with Gasteiger partial charge in [0.15, 0.2) is 11.5 Å². The highest BCUT2D eigenvalue weighted by Gasteiger charge is 2.32. The second kappa shape index (κ2) is 3.50. The summed E-state index contributed by atoms with van der Waals surface area (Å²) in [6.07, 6.45) is -1.07. The van der Waals surface area contributed by atoms with Crippen LogP contribution in [0, 0.1) is 0 Å². The summed E-state index contributed by atoms with van der Waals surface area (Å²) in [6.45, 7) is 1.75. The molecule has 4 heteroatoms. The summed E-state index contributed by atoms with van der Waals surface area (Å²) in [5.74, 6) is 1.21. The fourth-order valence-corrected chi connectivity index (χ4v) is 1.59. The van der Waals surface area contributed by atoms with Crippen LogP contribution in [-0.4, -0.2) is 17.5 Å². The van der Waals surface area contributed by atoms with E-state index in [1.807, 2.05) is 12.1 Å². The highest BCUT2D eigenvalue weighted by molar-refractivity contribution is 6.64. The fraction of sp³-hybridized carbons (Fsp3) is 0.300. The van der Waals surface area contributed by atoms with Crippen LogP contribution >= 0.6 is 11.6 Å². The molecule has 0 bridgehead atoms. The Bertz CT molecular complexity index is 364. The zero-order valence-electron chi connectivity index (χ0n) is 7.57. The van der Waals surface area contributed by atoms with Gasteiger partial charge in [0.25, 0.3) is 5.24 Å². The molecule has 1 aromatic rings. The lowest BCUT2D eigenvalue weighted by atomic mass is 10.2. The lowest BCUT2D eigenvalue weighted by Gasteiger charge is -2.29. The first-order valence-corrected chi connectivity index (χ1v) is 4.68. The Kier molecular flexibility index (Phi) is 2.33. The Morgan fingerprint density at radius 2 is 1.86 bits per heavy atom. The van der Waals surface area contributed by atoms with E-state index < -0.39 is 11.3 Å². The Morgan fingerprint density at radius 1 is 1.29 bits per heavy atom. The van der Waals surface area contributed by atoms with Gasteiger partial charge in [0.1, 0.15) is 6.10 Å². The second-order valence-electron chi connectivity index (χ2n) is 3.11. The van der Waals surface area contributed by atoms with Gasteiger partial charge in [-0.25, -0.2) is 0 Å². The van der Waals surface area contributed by atoms with Crippen LogP contribution in [0.2, 0.25) is 0 Å². The first kappa shape index (κ1) is 9.34. The van der Waals surface area contributed by atoms with Gasteiger partial charge >= 0.3 is 0 Å². The van der Waals surface area contributed by atoms with Crippen LogP contribution in [0.5, 0.6) is 11.5 Å². The van der Waals surface area contributed by atoms with E-state index in [0.29, 0.717) is 11.5 Å². The molecule has 14 heavy (non-hydrogen) atoms. The third kappa shape index (κ3) is 1.55. The number of hydrogen-bond donors (Lipinski definition) is 0. The van der Waals surface area contributed by atoms with E-state index in [4.69, 9.17) is 21.1 Å². The average Bonchev–Trinajstić information content (AvgIpc) is 2.16. The molecule has 0 fully saturated rings. The van der Waals surface area contributed by atoms with Crippen molar-refractivity contribution in [2.45, 2.75) is 19.1 Å². The molecule has 0 amide bonds. The van der Waals surface area contributed by atoms with Gasteiger partial charge in [0, 0.05) is 0 Å². The molecule has 1 heterocycles. The maximum absolute atomic E-state index is 11.0. The minimum absolute atomic E-state index is 0.352. The second-order valence-corrected chi connectivity index (χ2v) is 3.48. The third-order valence-corrected chi connectivity index (χ3v) is 2.28. The quantitative estimate of drug-likeness (QED) is 0.668. The predicted molar refractivity (Wildman–Crippen MR) is 51.8 cm³/mol. The van der Waals surface area contributed by atoms with Gasteiger partial charge in [-0.1, -0.05) is 12.1 Å². The number of para-hydroxylation sites is 2. The van der Waals surface area contributed by atoms with Crippen molar-refractivity contribution in [1.82, 2.24) is 0 Å². The zero-order valence-corrected chi connectivity index (χ0v) is 8.32. The summed E-state index contributed by atoms with van der Waals surface area (Å²) >= 11 is 5.37. The molecular weight excluding hydrogens is 204 g/mol. The predicted octanol–water partition coefficient (Wildman–Crippen LogP) is 1.98. The van der Waals surface area contributed by atoms with E-state index in [1.165, 1.54) is 0 Å². The van der Waals surface area contributed by atoms with E-state index in [2.05, 4.69) is 0 Å². The van der Waals surface area contributed by atoms with Crippen molar-refractivity contribution in [1.29, 1.82) is 0 Å². The van der Waals surface area contributed by atoms with E-state index in [1.54, 1.807) is 19.1 Å². The molecule has 0 saturated heterocycles. The van der Waals surface area contributed by atoms with Crippen LogP contribution in [0.4, 0.5) is 0 Å². The summed E-state index contributed by atoms with van der Waals surface area (Å²) in [6, 6.07) is 7.19. The van der Waals surface area contributed by atoms with Crippen molar-refractivity contribution >= 4 is 16.8 Å². The van der Waals surface area contributed by atoms with Crippen molar-refractivity contribution in [2.24, 2.45) is 0 Å². The van der Waals surface area contributed by atoms with Crippen LogP contribution < -0.4 is 9.47 Å². The number of halogens is 1. The molecule has 1 aromatic carbocycles. The Morgan fingerprint density at radius 3 is 2.43 bits per heavy atom. The Labute approximate surface area is 86.6 Å². The van der Waals surface area contributed by atoms with Crippen LogP contribution in [0.1, 0.15) is 6.92 Å². The molecule has 0 saturated carbocycles. The Balaban J connectivity index is 2.31. The molecule has 0 unspecified atom stereocenters. The van der Waals surface area contributed by atoms with Gasteiger partial charge in [0.2, 0.25) is 6.10 Å². The lowest BCUT2D eigenvalue weighted by Crippen LogP contribution is -2.41. The molecule has 0 aliphatic carbocycles. The number of benzene rings is 1. The number of hydrogen-bond acceptors (Lipinski definition) is 3. The monoisotopic (exact) mass is 212 g/mol. The SMILES string of the molecule is C[C@H]1Oc2ccccc2O[C@@H]1C(=O)Cl. The molecule has 3 nitrogen and oxygen atoms in total. The zero-order chi connectivity index (χ0) is 10.1. The van der Waals surface area contributed by atoms with Crippen LogP contribution in [0.15, 0.2) is 24.3 Å². The fourth-order valence-electron chi connectivity index (χ4n) is 1.37. The molecule has 0 spiro atoms. The maximum atomic E-state index is 11.0. The van der Waals surface area contributed by atoms with E-state index in [9.17, 15) is 4.79 Å². The van der Waals surface area contributed by atoms with E-state index in [-0.39, 0.29) is 6.10 Å². The minimum Gasteiger partial charge on any atom is -0.482 e. The smallest absolute Gasteiger partial charge is 0.266 e. The minimum atomic E-state index is -0.716. The molecule has 0 radical (unpaired) electrons. The average molecular weight is 213 g/mol. The molecule has 1 aliphatic heterocycles. The van der Waals surface area contributed by atoms with Crippen molar-refractivity contribution in [3.05, 3.63) is 24.3 Å². The standard InChI is InChI=1S/C10H9ClO3/c1-6-9(10(11)12)14-8-5-3-2-4-7(8)13-6/h2-6,9H,1H3/t6-,9+/m1/s1. The summed E-state index contributed by atoms with van der Waals surface area (Å²) in [5.41, 5.74) is 0. The maximum Gasteiger partial charge on any atom is 0.266 e. The summed E-state index contributed by atoms with van der Waals surface area (Å²) < 4.78 is 10.9. The van der Waals surface area contributed by atoms with Gasteiger partial charge in [-0.05, 0) is 30.7 Å². The van der Waals surface area contributed by atoms with Crippen molar-refractivity contribution in [3.63, 3.8) is 0 Å². The first-order chi connectivity index (χ1) is 6.68. The summed E-state index contributed by atoms with van der Waals surface area (Å²) in [5, 5.41) is -0.535. The number of rotatable bonds is 1. The largest absolute Gasteiger partial charge is 0.482 e. The lowest BCUT2D eigenvalue weighted by molar-refractivity contribution is -0.122. The van der Waals surface area contributed by atoms with E-state index >= 15 is 0 Å². The molecule has 0 N–H and O–H groups in total.